The predicted molar refractivity (Wildman–Crippen MR) is 73.2 cm³/mol. The van der Waals surface area contributed by atoms with E-state index >= 15 is 0 Å². The first-order chi connectivity index (χ1) is 8.58. The van der Waals surface area contributed by atoms with E-state index in [0.717, 1.165) is 11.3 Å². The van der Waals surface area contributed by atoms with Gasteiger partial charge in [-0.3, -0.25) is 0 Å². The van der Waals surface area contributed by atoms with Crippen LogP contribution >= 0.6 is 0 Å². The van der Waals surface area contributed by atoms with E-state index in [9.17, 15) is 5.11 Å². The number of aliphatic hydroxyl groups is 1. The minimum atomic E-state index is 0.0424. The fourth-order valence-electron chi connectivity index (χ4n) is 2.54. The normalized spacial score (nSPS) is 16.7. The Morgan fingerprint density at radius 3 is 2.50 bits per heavy atom. The molecule has 1 aromatic rings. The topological polar surface area (TPSA) is 41.5 Å². The van der Waals surface area contributed by atoms with E-state index in [0.29, 0.717) is 6.04 Å². The molecule has 1 saturated carbocycles. The van der Waals surface area contributed by atoms with Crippen molar-refractivity contribution in [3.63, 3.8) is 0 Å². The zero-order chi connectivity index (χ0) is 13.3. The number of rotatable bonds is 5. The van der Waals surface area contributed by atoms with Crippen LogP contribution in [0.4, 0.5) is 0 Å². The molecule has 0 aromatic heterocycles. The molecule has 1 atom stereocenters. The molecule has 1 unspecified atom stereocenters. The van der Waals surface area contributed by atoms with Gasteiger partial charge in [-0.15, -0.1) is 0 Å². The Balaban J connectivity index is 2.36. The summed E-state index contributed by atoms with van der Waals surface area (Å²) in [7, 11) is 1.71. The Labute approximate surface area is 109 Å². The van der Waals surface area contributed by atoms with Crippen molar-refractivity contribution in [1.29, 1.82) is 0 Å². The van der Waals surface area contributed by atoms with Crippen LogP contribution in [0, 0.1) is 20.8 Å². The maximum absolute atomic E-state index is 9.60. The van der Waals surface area contributed by atoms with Crippen molar-refractivity contribution < 1.29 is 9.84 Å². The van der Waals surface area contributed by atoms with Crippen molar-refractivity contribution >= 4 is 0 Å². The van der Waals surface area contributed by atoms with Gasteiger partial charge >= 0.3 is 0 Å². The minimum absolute atomic E-state index is 0.0424. The van der Waals surface area contributed by atoms with Crippen molar-refractivity contribution in [2.45, 2.75) is 45.7 Å². The van der Waals surface area contributed by atoms with Crippen LogP contribution in [0.2, 0.25) is 0 Å². The molecule has 0 bridgehead atoms. The van der Waals surface area contributed by atoms with Gasteiger partial charge < -0.3 is 15.2 Å². The molecule has 0 spiro atoms. The van der Waals surface area contributed by atoms with Crippen molar-refractivity contribution in [3.8, 4) is 5.75 Å². The SMILES string of the molecule is COc1c(C)cc(C(CO)NC2CC2)c(C)c1C. The summed E-state index contributed by atoms with van der Waals surface area (Å²) in [6.45, 7) is 6.38. The summed E-state index contributed by atoms with van der Waals surface area (Å²) in [6, 6.07) is 2.77. The Hall–Kier alpha value is -1.06. The van der Waals surface area contributed by atoms with Crippen LogP contribution in [-0.2, 0) is 0 Å². The van der Waals surface area contributed by atoms with Gasteiger partial charge in [0.2, 0.25) is 0 Å². The average molecular weight is 249 g/mol. The molecule has 100 valence electrons. The zero-order valence-corrected chi connectivity index (χ0v) is 11.7. The molecule has 2 N–H and O–H groups in total. The molecule has 0 amide bonds. The molecule has 3 heteroatoms. The molecule has 3 nitrogen and oxygen atoms in total. The second-order valence-electron chi connectivity index (χ2n) is 5.24. The molecule has 1 aromatic carbocycles. The lowest BCUT2D eigenvalue weighted by Gasteiger charge is -2.22. The van der Waals surface area contributed by atoms with E-state index in [1.54, 1.807) is 7.11 Å². The van der Waals surface area contributed by atoms with Gasteiger partial charge in [-0.1, -0.05) is 6.07 Å². The van der Waals surface area contributed by atoms with Crippen LogP contribution in [0.15, 0.2) is 6.07 Å². The molecule has 0 saturated heterocycles. The van der Waals surface area contributed by atoms with Gasteiger partial charge in [-0.05, 0) is 55.9 Å². The lowest BCUT2D eigenvalue weighted by atomic mass is 9.94. The van der Waals surface area contributed by atoms with Gasteiger partial charge in [-0.2, -0.15) is 0 Å². The summed E-state index contributed by atoms with van der Waals surface area (Å²) < 4.78 is 5.44. The summed E-state index contributed by atoms with van der Waals surface area (Å²) in [5.41, 5.74) is 4.71. The van der Waals surface area contributed by atoms with Gasteiger partial charge in [0.1, 0.15) is 5.75 Å². The summed E-state index contributed by atoms with van der Waals surface area (Å²) in [5.74, 6) is 0.958. The molecule has 2 rings (SSSR count). The van der Waals surface area contributed by atoms with Crippen LogP contribution in [0.5, 0.6) is 5.75 Å². The number of benzene rings is 1. The molecule has 1 aliphatic rings. The fourth-order valence-corrected chi connectivity index (χ4v) is 2.54. The highest BCUT2D eigenvalue weighted by atomic mass is 16.5. The molecule has 0 heterocycles. The van der Waals surface area contributed by atoms with Crippen molar-refractivity contribution in [1.82, 2.24) is 5.32 Å². The molecular weight excluding hydrogens is 226 g/mol. The number of aryl methyl sites for hydroxylation is 1. The third-order valence-corrected chi connectivity index (χ3v) is 3.84. The highest BCUT2D eigenvalue weighted by Crippen LogP contribution is 2.33. The second kappa shape index (κ2) is 5.29. The van der Waals surface area contributed by atoms with E-state index in [2.05, 4.69) is 32.2 Å². The first-order valence-corrected chi connectivity index (χ1v) is 6.60. The van der Waals surface area contributed by atoms with Gasteiger partial charge in [0, 0.05) is 6.04 Å². The van der Waals surface area contributed by atoms with Crippen molar-refractivity contribution in [2.24, 2.45) is 0 Å². The Kier molecular flexibility index (Phi) is 3.93. The fraction of sp³-hybridized carbons (Fsp3) is 0.600. The lowest BCUT2D eigenvalue weighted by Crippen LogP contribution is -2.27. The Bertz CT molecular complexity index is 439. The first kappa shape index (κ1) is 13.4. The predicted octanol–water partition coefficient (Wildman–Crippen LogP) is 2.41. The number of hydrogen-bond donors (Lipinski definition) is 2. The van der Waals surface area contributed by atoms with E-state index in [-0.39, 0.29) is 12.6 Å². The standard InChI is InChI=1S/C15H23NO2/c1-9-7-13(10(2)11(3)15(9)18-4)14(8-17)16-12-5-6-12/h7,12,14,16-17H,5-6,8H2,1-4H3. The molecular formula is C15H23NO2. The molecule has 18 heavy (non-hydrogen) atoms. The van der Waals surface area contributed by atoms with Gasteiger partial charge in [0.15, 0.2) is 0 Å². The summed E-state index contributed by atoms with van der Waals surface area (Å²) in [5, 5.41) is 13.1. The molecule has 1 aliphatic carbocycles. The monoisotopic (exact) mass is 249 g/mol. The maximum Gasteiger partial charge on any atom is 0.124 e. The number of ether oxygens (including phenoxy) is 1. The van der Waals surface area contributed by atoms with Gasteiger partial charge in [0.05, 0.1) is 19.8 Å². The highest BCUT2D eigenvalue weighted by Gasteiger charge is 2.26. The summed E-state index contributed by atoms with van der Waals surface area (Å²) in [6.07, 6.45) is 2.45. The van der Waals surface area contributed by atoms with Gasteiger partial charge in [-0.25, -0.2) is 0 Å². The number of nitrogens with one attached hydrogen (secondary N) is 1. The number of aliphatic hydroxyl groups excluding tert-OH is 1. The van der Waals surface area contributed by atoms with Crippen LogP contribution in [-0.4, -0.2) is 24.9 Å². The third-order valence-electron chi connectivity index (χ3n) is 3.84. The largest absolute Gasteiger partial charge is 0.496 e. The Morgan fingerprint density at radius 2 is 2.00 bits per heavy atom. The maximum atomic E-state index is 9.60. The second-order valence-corrected chi connectivity index (χ2v) is 5.24. The molecule has 1 fully saturated rings. The van der Waals surface area contributed by atoms with E-state index < -0.39 is 0 Å². The van der Waals surface area contributed by atoms with Crippen LogP contribution in [0.3, 0.4) is 0 Å². The van der Waals surface area contributed by atoms with E-state index in [4.69, 9.17) is 4.74 Å². The van der Waals surface area contributed by atoms with E-state index in [1.807, 2.05) is 0 Å². The van der Waals surface area contributed by atoms with E-state index in [1.165, 1.54) is 29.5 Å². The first-order valence-electron chi connectivity index (χ1n) is 6.60. The smallest absolute Gasteiger partial charge is 0.124 e. The van der Waals surface area contributed by atoms with Crippen molar-refractivity contribution in [3.05, 3.63) is 28.3 Å². The van der Waals surface area contributed by atoms with Crippen molar-refractivity contribution in [2.75, 3.05) is 13.7 Å². The number of methoxy groups -OCH3 is 1. The summed E-state index contributed by atoms with van der Waals surface area (Å²) in [4.78, 5) is 0. The van der Waals surface area contributed by atoms with Gasteiger partial charge in [0.25, 0.3) is 0 Å². The number of hydrogen-bond acceptors (Lipinski definition) is 3. The Morgan fingerprint density at radius 1 is 1.33 bits per heavy atom. The lowest BCUT2D eigenvalue weighted by molar-refractivity contribution is 0.243. The highest BCUT2D eigenvalue weighted by molar-refractivity contribution is 5.50. The molecule has 0 radical (unpaired) electrons. The quantitative estimate of drug-likeness (QED) is 0.842. The van der Waals surface area contributed by atoms with Crippen LogP contribution < -0.4 is 10.1 Å². The summed E-state index contributed by atoms with van der Waals surface area (Å²) >= 11 is 0. The zero-order valence-electron chi connectivity index (χ0n) is 11.7. The minimum Gasteiger partial charge on any atom is -0.496 e. The average Bonchev–Trinajstić information content (AvgIpc) is 3.16. The van der Waals surface area contributed by atoms with Crippen LogP contribution in [0.1, 0.15) is 41.1 Å². The van der Waals surface area contributed by atoms with Crippen LogP contribution in [0.25, 0.3) is 0 Å². The third kappa shape index (κ3) is 2.52. The molecule has 0 aliphatic heterocycles.